The quantitative estimate of drug-likeness (QED) is 0.264. The summed E-state index contributed by atoms with van der Waals surface area (Å²) in [5, 5.41) is 1.44. The first kappa shape index (κ1) is 24.2. The SMILES string of the molecule is FC(F)(F)C(=NNC(SCc1ccccc1)(C(F)(F)F)C(F)(F)F)C(F)(F)F. The van der Waals surface area contributed by atoms with E-state index in [2.05, 4.69) is 0 Å². The van der Waals surface area contributed by atoms with Crippen LogP contribution in [0.15, 0.2) is 35.4 Å². The van der Waals surface area contributed by atoms with Gasteiger partial charge in [-0.1, -0.05) is 30.3 Å². The molecule has 0 aliphatic rings. The molecule has 0 aliphatic carbocycles. The lowest BCUT2D eigenvalue weighted by Gasteiger charge is -2.36. The van der Waals surface area contributed by atoms with Crippen LogP contribution >= 0.6 is 11.8 Å². The fourth-order valence-electron chi connectivity index (χ4n) is 1.67. The van der Waals surface area contributed by atoms with Crippen molar-refractivity contribution in [1.82, 2.24) is 5.43 Å². The zero-order valence-electron chi connectivity index (χ0n) is 13.0. The molecule has 1 aromatic carbocycles. The molecule has 1 aromatic rings. The van der Waals surface area contributed by atoms with Crippen molar-refractivity contribution in [1.29, 1.82) is 0 Å². The van der Waals surface area contributed by atoms with E-state index in [0.29, 0.717) is 0 Å². The number of halogens is 12. The second-order valence-corrected chi connectivity index (χ2v) is 6.21. The maximum Gasteiger partial charge on any atom is 0.440 e. The first-order valence-electron chi connectivity index (χ1n) is 6.72. The van der Waals surface area contributed by atoms with E-state index >= 15 is 0 Å². The van der Waals surface area contributed by atoms with Crippen molar-refractivity contribution < 1.29 is 52.7 Å². The summed E-state index contributed by atoms with van der Waals surface area (Å²) in [6.07, 6.45) is -25.4. The molecular formula is C13H8F12N2S. The van der Waals surface area contributed by atoms with Crippen LogP contribution in [0.3, 0.4) is 0 Å². The van der Waals surface area contributed by atoms with Gasteiger partial charge in [-0.05, 0) is 5.56 Å². The Morgan fingerprint density at radius 2 is 1.18 bits per heavy atom. The smallest absolute Gasteiger partial charge is 0.277 e. The average Bonchev–Trinajstić information content (AvgIpc) is 2.46. The molecular weight excluding hydrogens is 444 g/mol. The van der Waals surface area contributed by atoms with E-state index in [-0.39, 0.29) is 11.0 Å². The molecule has 0 radical (unpaired) electrons. The van der Waals surface area contributed by atoms with E-state index in [9.17, 15) is 52.7 Å². The Morgan fingerprint density at radius 1 is 0.750 bits per heavy atom. The maximum absolute atomic E-state index is 13.2. The molecule has 0 saturated carbocycles. The third-order valence-corrected chi connectivity index (χ3v) is 4.42. The molecule has 0 saturated heterocycles. The Hall–Kier alpha value is -1.80. The first-order valence-corrected chi connectivity index (χ1v) is 7.71. The highest BCUT2D eigenvalue weighted by molar-refractivity contribution is 8.00. The van der Waals surface area contributed by atoms with Crippen LogP contribution < -0.4 is 5.43 Å². The van der Waals surface area contributed by atoms with Crippen LogP contribution in [0.5, 0.6) is 0 Å². The van der Waals surface area contributed by atoms with Crippen molar-refractivity contribution >= 4 is 17.5 Å². The summed E-state index contributed by atoms with van der Waals surface area (Å²) in [5.41, 5.74) is -3.83. The number of alkyl halides is 12. The van der Waals surface area contributed by atoms with Crippen molar-refractivity contribution in [3.8, 4) is 0 Å². The van der Waals surface area contributed by atoms with Crippen molar-refractivity contribution in [2.24, 2.45) is 5.10 Å². The summed E-state index contributed by atoms with van der Waals surface area (Å²) in [6.45, 7) is 0. The molecule has 0 bridgehead atoms. The van der Waals surface area contributed by atoms with Gasteiger partial charge in [0.2, 0.25) is 5.71 Å². The Kier molecular flexibility index (Phi) is 6.85. The van der Waals surface area contributed by atoms with Crippen molar-refractivity contribution in [3.63, 3.8) is 0 Å². The number of nitrogens with zero attached hydrogens (tertiary/aromatic N) is 1. The number of hydrogen-bond acceptors (Lipinski definition) is 3. The first-order chi connectivity index (χ1) is 12.4. The van der Waals surface area contributed by atoms with E-state index in [4.69, 9.17) is 0 Å². The third kappa shape index (κ3) is 5.61. The van der Waals surface area contributed by atoms with Gasteiger partial charge in [0.15, 0.2) is 0 Å². The lowest BCUT2D eigenvalue weighted by atomic mass is 10.2. The number of nitrogens with one attached hydrogen (secondary N) is 1. The van der Waals surface area contributed by atoms with Crippen LogP contribution in [0.1, 0.15) is 5.56 Å². The number of hydrazone groups is 1. The van der Waals surface area contributed by atoms with Gasteiger partial charge in [-0.25, -0.2) is 0 Å². The number of hydrogen-bond donors (Lipinski definition) is 1. The van der Waals surface area contributed by atoms with Gasteiger partial charge in [-0.3, -0.25) is 5.43 Å². The third-order valence-electron chi connectivity index (χ3n) is 2.96. The van der Waals surface area contributed by atoms with Gasteiger partial charge in [0.05, 0.1) is 0 Å². The second kappa shape index (κ2) is 7.91. The van der Waals surface area contributed by atoms with Crippen molar-refractivity contribution in [2.75, 3.05) is 0 Å². The standard InChI is InChI=1S/C13H8F12N2S/c14-9(15,16)8(10(17,18)19)26-27-11(12(20,21)22,13(23,24)25)28-6-7-4-2-1-3-5-7/h1-5,27H,6H2. The lowest BCUT2D eigenvalue weighted by Crippen LogP contribution is -2.63. The van der Waals surface area contributed by atoms with Crippen LogP contribution in [-0.4, -0.2) is 35.3 Å². The molecule has 15 heteroatoms. The fourth-order valence-corrected chi connectivity index (χ4v) is 2.68. The van der Waals surface area contributed by atoms with Crippen LogP contribution in [0.2, 0.25) is 0 Å². The average molecular weight is 452 g/mol. The molecule has 0 aliphatic heterocycles. The molecule has 0 atom stereocenters. The normalized spacial score (nSPS) is 14.0. The maximum atomic E-state index is 13.2. The van der Waals surface area contributed by atoms with Crippen molar-refractivity contribution in [3.05, 3.63) is 35.9 Å². The molecule has 0 amide bonds. The highest BCUT2D eigenvalue weighted by Gasteiger charge is 2.72. The number of rotatable bonds is 5. The topological polar surface area (TPSA) is 24.4 Å². The molecule has 0 spiro atoms. The molecule has 0 unspecified atom stereocenters. The van der Waals surface area contributed by atoms with E-state index in [0.717, 1.165) is 12.1 Å². The highest BCUT2D eigenvalue weighted by atomic mass is 32.2. The molecule has 28 heavy (non-hydrogen) atoms. The van der Waals surface area contributed by atoms with Gasteiger partial charge < -0.3 is 0 Å². The minimum absolute atomic E-state index is 0.0575. The molecule has 0 aromatic heterocycles. The summed E-state index contributed by atoms with van der Waals surface area (Å²) in [4.78, 5) is -5.22. The Labute approximate surface area is 153 Å². The molecule has 1 rings (SSSR count). The summed E-state index contributed by atoms with van der Waals surface area (Å²) in [7, 11) is 0. The van der Waals surface area contributed by atoms with E-state index in [1.165, 1.54) is 23.3 Å². The van der Waals surface area contributed by atoms with Crippen LogP contribution in [0.25, 0.3) is 0 Å². The predicted octanol–water partition coefficient (Wildman–Crippen LogP) is 5.81. The Balaban J connectivity index is 3.43. The minimum atomic E-state index is -6.35. The van der Waals surface area contributed by atoms with Gasteiger partial charge in [-0.2, -0.15) is 57.8 Å². The number of thioether (sulfide) groups is 1. The lowest BCUT2D eigenvalue weighted by molar-refractivity contribution is -0.273. The van der Waals surface area contributed by atoms with Gasteiger partial charge in [0.1, 0.15) is 0 Å². The van der Waals surface area contributed by atoms with Gasteiger partial charge in [0.25, 0.3) is 4.87 Å². The molecule has 0 fully saturated rings. The molecule has 1 N–H and O–H groups in total. The van der Waals surface area contributed by atoms with Gasteiger partial charge in [-0.15, -0.1) is 11.8 Å². The highest BCUT2D eigenvalue weighted by Crippen LogP contribution is 2.51. The summed E-state index contributed by atoms with van der Waals surface area (Å²) < 4.78 is 153. The summed E-state index contributed by atoms with van der Waals surface area (Å²) in [6, 6.07) is 6.14. The largest absolute Gasteiger partial charge is 0.440 e. The predicted molar refractivity (Wildman–Crippen MR) is 75.3 cm³/mol. The van der Waals surface area contributed by atoms with E-state index in [1.807, 2.05) is 0 Å². The van der Waals surface area contributed by atoms with Crippen molar-refractivity contribution in [2.45, 2.75) is 35.3 Å². The van der Waals surface area contributed by atoms with Crippen LogP contribution in [0.4, 0.5) is 52.7 Å². The minimum Gasteiger partial charge on any atom is -0.277 e. The van der Waals surface area contributed by atoms with Crippen LogP contribution in [-0.2, 0) is 5.75 Å². The van der Waals surface area contributed by atoms with Gasteiger partial charge >= 0.3 is 24.7 Å². The second-order valence-electron chi connectivity index (χ2n) is 5.02. The monoisotopic (exact) mass is 452 g/mol. The molecule has 2 nitrogen and oxygen atoms in total. The Morgan fingerprint density at radius 3 is 1.54 bits per heavy atom. The summed E-state index contributed by atoms with van der Waals surface area (Å²) >= 11 is -1.00. The van der Waals surface area contributed by atoms with Gasteiger partial charge in [0, 0.05) is 5.75 Å². The zero-order valence-corrected chi connectivity index (χ0v) is 13.8. The fraction of sp³-hybridized carbons (Fsp3) is 0.462. The summed E-state index contributed by atoms with van der Waals surface area (Å²) in [5.74, 6) is -1.05. The zero-order chi connectivity index (χ0) is 22.0. The molecule has 0 heterocycles. The number of benzene rings is 1. The Bertz CT molecular complexity index is 642. The van der Waals surface area contributed by atoms with E-state index in [1.54, 1.807) is 0 Å². The van der Waals surface area contributed by atoms with Crippen LogP contribution in [0, 0.1) is 0 Å². The van der Waals surface area contributed by atoms with E-state index < -0.39 is 52.8 Å². The molecule has 160 valence electrons.